The molecule has 0 atom stereocenters. The van der Waals surface area contributed by atoms with Crippen molar-refractivity contribution < 1.29 is 13.2 Å². The molecule has 0 saturated carbocycles. The van der Waals surface area contributed by atoms with E-state index >= 15 is 0 Å². The number of H-pyrrole nitrogens is 1. The molecular weight excluding hydrogens is 249 g/mol. The van der Waals surface area contributed by atoms with Gasteiger partial charge in [-0.1, -0.05) is 0 Å². The van der Waals surface area contributed by atoms with Gasteiger partial charge in [-0.05, 0) is 0 Å². The first kappa shape index (κ1) is 12.1. The van der Waals surface area contributed by atoms with Crippen molar-refractivity contribution in [3.8, 4) is 0 Å². The average molecular weight is 258 g/mol. The second kappa shape index (κ2) is 4.51. The molecule has 18 heavy (non-hydrogen) atoms. The maximum atomic E-state index is 12.6. The molecule has 0 aliphatic rings. The Hall–Kier alpha value is -2.32. The Bertz CT molecular complexity index is 522. The second-order valence-electron chi connectivity index (χ2n) is 3.30. The molecule has 6 nitrogen and oxygen atoms in total. The fourth-order valence-electron chi connectivity index (χ4n) is 1.29. The van der Waals surface area contributed by atoms with Crippen molar-refractivity contribution >= 4 is 17.6 Å². The van der Waals surface area contributed by atoms with Crippen LogP contribution in [0.25, 0.3) is 0 Å². The Morgan fingerprint density at radius 3 is 2.67 bits per heavy atom. The lowest BCUT2D eigenvalue weighted by molar-refractivity contribution is -0.137. The van der Waals surface area contributed by atoms with E-state index in [1.54, 1.807) is 6.07 Å². The van der Waals surface area contributed by atoms with Gasteiger partial charge >= 0.3 is 6.18 Å². The standard InChI is InChI=1S/C9H9F3N6/c1-13-7-5(9(10,11)12)4-14-8(17-7)16-6-2-3-15-18-6/h2-4H,1H3,(H3,13,14,15,16,17,18). The molecule has 0 fully saturated rings. The van der Waals surface area contributed by atoms with Crippen molar-refractivity contribution in [2.75, 3.05) is 17.7 Å². The zero-order valence-corrected chi connectivity index (χ0v) is 9.21. The summed E-state index contributed by atoms with van der Waals surface area (Å²) in [7, 11) is 1.36. The molecule has 0 aromatic carbocycles. The van der Waals surface area contributed by atoms with E-state index in [0.717, 1.165) is 6.20 Å². The molecule has 0 saturated heterocycles. The molecule has 2 aromatic heterocycles. The van der Waals surface area contributed by atoms with Gasteiger partial charge in [0, 0.05) is 19.3 Å². The number of hydrogen-bond donors (Lipinski definition) is 3. The van der Waals surface area contributed by atoms with Crippen molar-refractivity contribution in [2.24, 2.45) is 0 Å². The smallest absolute Gasteiger partial charge is 0.372 e. The van der Waals surface area contributed by atoms with E-state index < -0.39 is 11.7 Å². The maximum Gasteiger partial charge on any atom is 0.421 e. The van der Waals surface area contributed by atoms with Gasteiger partial charge in [-0.25, -0.2) is 4.98 Å². The van der Waals surface area contributed by atoms with Gasteiger partial charge in [-0.3, -0.25) is 5.10 Å². The van der Waals surface area contributed by atoms with Crippen molar-refractivity contribution in [1.82, 2.24) is 20.2 Å². The summed E-state index contributed by atoms with van der Waals surface area (Å²) in [6.45, 7) is 0. The van der Waals surface area contributed by atoms with Crippen LogP contribution in [0.15, 0.2) is 18.5 Å². The quantitative estimate of drug-likeness (QED) is 0.784. The molecule has 0 aliphatic carbocycles. The van der Waals surface area contributed by atoms with Gasteiger partial charge in [0.15, 0.2) is 0 Å². The van der Waals surface area contributed by atoms with Crippen LogP contribution in [0.3, 0.4) is 0 Å². The SMILES string of the molecule is CNc1nc(Nc2ccn[nH]2)ncc1C(F)(F)F. The topological polar surface area (TPSA) is 78.5 Å². The normalized spacial score (nSPS) is 11.3. The Balaban J connectivity index is 2.30. The molecule has 0 amide bonds. The number of nitrogens with one attached hydrogen (secondary N) is 3. The summed E-state index contributed by atoms with van der Waals surface area (Å²) in [5.41, 5.74) is -0.917. The first-order chi connectivity index (χ1) is 8.50. The van der Waals surface area contributed by atoms with E-state index in [2.05, 4.69) is 30.8 Å². The first-order valence-electron chi connectivity index (χ1n) is 4.89. The predicted octanol–water partition coefficient (Wildman–Crippen LogP) is 2.00. The van der Waals surface area contributed by atoms with Gasteiger partial charge in [0.1, 0.15) is 17.2 Å². The first-order valence-corrected chi connectivity index (χ1v) is 4.89. The van der Waals surface area contributed by atoms with Gasteiger partial charge in [-0.15, -0.1) is 0 Å². The van der Waals surface area contributed by atoms with Crippen molar-refractivity contribution in [3.05, 3.63) is 24.0 Å². The van der Waals surface area contributed by atoms with Crippen LogP contribution in [0.2, 0.25) is 0 Å². The zero-order chi connectivity index (χ0) is 13.2. The molecule has 3 N–H and O–H groups in total. The third kappa shape index (κ3) is 2.50. The summed E-state index contributed by atoms with van der Waals surface area (Å²) in [5.74, 6) is 0.230. The van der Waals surface area contributed by atoms with E-state index in [4.69, 9.17) is 0 Å². The number of anilines is 3. The van der Waals surface area contributed by atoms with Gasteiger partial charge in [0.25, 0.3) is 0 Å². The fourth-order valence-corrected chi connectivity index (χ4v) is 1.29. The summed E-state index contributed by atoms with van der Waals surface area (Å²) in [6.07, 6.45) is -2.28. The third-order valence-electron chi connectivity index (χ3n) is 2.08. The van der Waals surface area contributed by atoms with Crippen LogP contribution in [0.5, 0.6) is 0 Å². The highest BCUT2D eigenvalue weighted by Crippen LogP contribution is 2.33. The molecule has 0 aliphatic heterocycles. The summed E-state index contributed by atoms with van der Waals surface area (Å²) in [5, 5.41) is 11.3. The number of aromatic amines is 1. The van der Waals surface area contributed by atoms with E-state index in [1.165, 1.54) is 13.2 Å². The lowest BCUT2D eigenvalue weighted by atomic mass is 10.3. The summed E-state index contributed by atoms with van der Waals surface area (Å²) in [6, 6.07) is 1.60. The largest absolute Gasteiger partial charge is 0.421 e. The minimum Gasteiger partial charge on any atom is -0.372 e. The van der Waals surface area contributed by atoms with Gasteiger partial charge in [-0.2, -0.15) is 23.3 Å². The van der Waals surface area contributed by atoms with Crippen LogP contribution in [0.4, 0.5) is 30.8 Å². The number of nitrogens with zero attached hydrogens (tertiary/aromatic N) is 3. The zero-order valence-electron chi connectivity index (χ0n) is 9.21. The highest BCUT2D eigenvalue weighted by atomic mass is 19.4. The molecule has 0 unspecified atom stereocenters. The second-order valence-corrected chi connectivity index (χ2v) is 3.30. The third-order valence-corrected chi connectivity index (χ3v) is 2.08. The number of hydrogen-bond acceptors (Lipinski definition) is 5. The van der Waals surface area contributed by atoms with Crippen molar-refractivity contribution in [1.29, 1.82) is 0 Å². The van der Waals surface area contributed by atoms with Crippen molar-refractivity contribution in [2.45, 2.75) is 6.18 Å². The van der Waals surface area contributed by atoms with Crippen molar-refractivity contribution in [3.63, 3.8) is 0 Å². The lowest BCUT2D eigenvalue weighted by Crippen LogP contribution is -2.12. The Kier molecular flexibility index (Phi) is 3.04. The molecule has 2 rings (SSSR count). The van der Waals surface area contributed by atoms with Gasteiger partial charge in [0.05, 0.1) is 6.20 Å². The summed E-state index contributed by atoms with van der Waals surface area (Å²) >= 11 is 0. The lowest BCUT2D eigenvalue weighted by Gasteiger charge is -2.12. The summed E-state index contributed by atoms with van der Waals surface area (Å²) < 4.78 is 37.8. The van der Waals surface area contributed by atoms with Crippen LogP contribution < -0.4 is 10.6 Å². The van der Waals surface area contributed by atoms with E-state index in [9.17, 15) is 13.2 Å². The number of aromatic nitrogens is 4. The van der Waals surface area contributed by atoms with E-state index in [-0.39, 0.29) is 11.8 Å². The highest BCUT2D eigenvalue weighted by Gasteiger charge is 2.35. The maximum absolute atomic E-state index is 12.6. The van der Waals surface area contributed by atoms with E-state index in [1.807, 2.05) is 0 Å². The van der Waals surface area contributed by atoms with Crippen LogP contribution in [0, 0.1) is 0 Å². The molecular formula is C9H9F3N6. The van der Waals surface area contributed by atoms with Gasteiger partial charge in [0.2, 0.25) is 5.95 Å². The Labute approximate surface area is 99.7 Å². The number of halogens is 3. The minimum absolute atomic E-state index is 0.0385. The molecule has 2 aromatic rings. The molecule has 9 heteroatoms. The van der Waals surface area contributed by atoms with Crippen LogP contribution in [-0.4, -0.2) is 27.2 Å². The average Bonchev–Trinajstić information content (AvgIpc) is 2.80. The molecule has 96 valence electrons. The Morgan fingerprint density at radius 2 is 2.11 bits per heavy atom. The minimum atomic E-state index is -4.50. The number of rotatable bonds is 3. The van der Waals surface area contributed by atoms with Crippen LogP contribution >= 0.6 is 0 Å². The van der Waals surface area contributed by atoms with Crippen LogP contribution in [0.1, 0.15) is 5.56 Å². The predicted molar refractivity (Wildman–Crippen MR) is 58.5 cm³/mol. The molecule has 0 bridgehead atoms. The highest BCUT2D eigenvalue weighted by molar-refractivity contribution is 5.53. The van der Waals surface area contributed by atoms with Gasteiger partial charge < -0.3 is 10.6 Å². The Morgan fingerprint density at radius 1 is 1.33 bits per heavy atom. The molecule has 0 radical (unpaired) electrons. The monoisotopic (exact) mass is 258 g/mol. The molecule has 0 spiro atoms. The van der Waals surface area contributed by atoms with Crippen LogP contribution in [-0.2, 0) is 6.18 Å². The fraction of sp³-hybridized carbons (Fsp3) is 0.222. The number of alkyl halides is 3. The molecule has 2 heterocycles. The summed E-state index contributed by atoms with van der Waals surface area (Å²) in [4.78, 5) is 7.33. The van der Waals surface area contributed by atoms with E-state index in [0.29, 0.717) is 5.82 Å².